The third-order valence-electron chi connectivity index (χ3n) is 2.26. The van der Waals surface area contributed by atoms with Crippen LogP contribution in [0.5, 0.6) is 0 Å². The summed E-state index contributed by atoms with van der Waals surface area (Å²) in [5, 5.41) is -0.000805. The van der Waals surface area contributed by atoms with Gasteiger partial charge in [-0.05, 0) is 24.3 Å². The third kappa shape index (κ3) is 2.86. The average molecular weight is 323 g/mol. The van der Waals surface area contributed by atoms with E-state index in [2.05, 4.69) is 4.98 Å². The number of benzene rings is 1. The van der Waals surface area contributed by atoms with Crippen LogP contribution >= 0.6 is 11.6 Å². The summed E-state index contributed by atoms with van der Waals surface area (Å²) >= 11 is 5.71. The highest BCUT2D eigenvalue weighted by Crippen LogP contribution is 2.23. The number of nitrogens with one attached hydrogen (secondary N) is 1. The van der Waals surface area contributed by atoms with Crippen molar-refractivity contribution in [2.45, 2.75) is 4.90 Å². The van der Waals surface area contributed by atoms with Crippen molar-refractivity contribution in [3.63, 3.8) is 0 Å². The Labute approximate surface area is 117 Å². The minimum atomic E-state index is -4.34. The number of pyridine rings is 1. The Bertz CT molecular complexity index is 745. The zero-order chi connectivity index (χ0) is 14.9. The van der Waals surface area contributed by atoms with Gasteiger partial charge in [-0.25, -0.2) is 26.6 Å². The van der Waals surface area contributed by atoms with Crippen LogP contribution in [-0.4, -0.2) is 13.4 Å². The van der Waals surface area contributed by atoms with Crippen molar-refractivity contribution in [3.8, 4) is 0 Å². The lowest BCUT2D eigenvalue weighted by molar-refractivity contribution is 0.442. The number of nitrogens with zero attached hydrogens (tertiary/aromatic N) is 1. The maximum absolute atomic E-state index is 13.0. The van der Waals surface area contributed by atoms with Crippen molar-refractivity contribution in [2.75, 3.05) is 4.72 Å². The van der Waals surface area contributed by atoms with Crippen LogP contribution in [0.4, 0.5) is 19.0 Å². The third-order valence-corrected chi connectivity index (χ3v) is 3.88. The molecule has 1 N–H and O–H groups in total. The molecule has 1 heterocycles. The van der Waals surface area contributed by atoms with Crippen LogP contribution in [0.2, 0.25) is 5.02 Å². The first-order chi connectivity index (χ1) is 9.31. The van der Waals surface area contributed by atoms with Gasteiger partial charge in [0.1, 0.15) is 0 Å². The summed E-state index contributed by atoms with van der Waals surface area (Å²) in [7, 11) is -4.34. The van der Waals surface area contributed by atoms with E-state index in [4.69, 9.17) is 11.6 Å². The van der Waals surface area contributed by atoms with Gasteiger partial charge in [0.15, 0.2) is 23.3 Å². The first-order valence-electron chi connectivity index (χ1n) is 5.09. The molecule has 0 spiro atoms. The van der Waals surface area contributed by atoms with E-state index in [9.17, 15) is 21.6 Å². The van der Waals surface area contributed by atoms with Gasteiger partial charge in [0.05, 0.1) is 9.92 Å². The molecule has 0 bridgehead atoms. The van der Waals surface area contributed by atoms with E-state index in [1.807, 2.05) is 4.72 Å². The smallest absolute Gasteiger partial charge is 0.262 e. The van der Waals surface area contributed by atoms with Crippen LogP contribution < -0.4 is 4.72 Å². The molecular formula is C11H6ClF3N2O2S. The summed E-state index contributed by atoms with van der Waals surface area (Å²) in [4.78, 5) is 2.89. The summed E-state index contributed by atoms with van der Waals surface area (Å²) in [6.07, 6.45) is 1.27. The predicted octanol–water partition coefficient (Wildman–Crippen LogP) is 2.95. The first kappa shape index (κ1) is 14.6. The number of sulfonamides is 1. The van der Waals surface area contributed by atoms with Crippen molar-refractivity contribution in [1.82, 2.24) is 4.98 Å². The first-order valence-corrected chi connectivity index (χ1v) is 6.95. The fraction of sp³-hybridized carbons (Fsp3) is 0. The second-order valence-corrected chi connectivity index (χ2v) is 5.73. The van der Waals surface area contributed by atoms with Crippen molar-refractivity contribution < 1.29 is 21.6 Å². The molecule has 20 heavy (non-hydrogen) atoms. The van der Waals surface area contributed by atoms with Gasteiger partial charge in [-0.1, -0.05) is 11.6 Å². The van der Waals surface area contributed by atoms with Gasteiger partial charge in [0, 0.05) is 6.20 Å². The molecule has 0 saturated heterocycles. The molecule has 0 radical (unpaired) electrons. The molecule has 0 atom stereocenters. The van der Waals surface area contributed by atoms with E-state index in [0.29, 0.717) is 12.1 Å². The lowest BCUT2D eigenvalue weighted by atomic mass is 10.3. The summed E-state index contributed by atoms with van der Waals surface area (Å²) in [5.74, 6) is -5.19. The molecule has 0 amide bonds. The number of hydrogen-bond acceptors (Lipinski definition) is 3. The minimum Gasteiger partial charge on any atom is -0.262 e. The Morgan fingerprint density at radius 3 is 2.30 bits per heavy atom. The Kier molecular flexibility index (Phi) is 3.87. The number of anilines is 1. The van der Waals surface area contributed by atoms with Gasteiger partial charge in [-0.15, -0.1) is 0 Å². The highest BCUT2D eigenvalue weighted by atomic mass is 35.5. The van der Waals surface area contributed by atoms with Gasteiger partial charge in [0.25, 0.3) is 10.0 Å². The van der Waals surface area contributed by atoms with Gasteiger partial charge in [0.2, 0.25) is 0 Å². The predicted molar refractivity (Wildman–Crippen MR) is 66.4 cm³/mol. The van der Waals surface area contributed by atoms with Crippen LogP contribution in [0.25, 0.3) is 0 Å². The molecular weight excluding hydrogens is 317 g/mol. The molecule has 0 aliphatic carbocycles. The highest BCUT2D eigenvalue weighted by Gasteiger charge is 2.21. The normalized spacial score (nSPS) is 11.4. The molecule has 1 aromatic carbocycles. The van der Waals surface area contributed by atoms with E-state index >= 15 is 0 Å². The molecule has 0 aliphatic heterocycles. The average Bonchev–Trinajstić information content (AvgIpc) is 2.38. The van der Waals surface area contributed by atoms with Crippen molar-refractivity contribution in [1.29, 1.82) is 0 Å². The molecule has 2 rings (SSSR count). The zero-order valence-corrected chi connectivity index (χ0v) is 11.1. The van der Waals surface area contributed by atoms with Gasteiger partial charge in [-0.2, -0.15) is 0 Å². The Hall–Kier alpha value is -1.80. The van der Waals surface area contributed by atoms with E-state index < -0.39 is 32.4 Å². The second kappa shape index (κ2) is 5.29. The zero-order valence-electron chi connectivity index (χ0n) is 9.57. The summed E-state index contributed by atoms with van der Waals surface area (Å²) in [6, 6.07) is 3.56. The molecule has 0 unspecified atom stereocenters. The summed E-state index contributed by atoms with van der Waals surface area (Å²) < 4.78 is 64.6. The largest absolute Gasteiger partial charge is 0.263 e. The summed E-state index contributed by atoms with van der Waals surface area (Å²) in [6.45, 7) is 0. The number of halogens is 4. The maximum Gasteiger partial charge on any atom is 0.263 e. The van der Waals surface area contributed by atoms with E-state index in [1.54, 1.807) is 0 Å². The van der Waals surface area contributed by atoms with Gasteiger partial charge >= 0.3 is 0 Å². The molecule has 4 nitrogen and oxygen atoms in total. The topological polar surface area (TPSA) is 59.1 Å². The van der Waals surface area contributed by atoms with E-state index in [-0.39, 0.29) is 10.8 Å². The minimum absolute atomic E-state index is 0.000805. The molecule has 1 aromatic heterocycles. The lowest BCUT2D eigenvalue weighted by Gasteiger charge is -2.09. The highest BCUT2D eigenvalue weighted by molar-refractivity contribution is 7.92. The van der Waals surface area contributed by atoms with Crippen LogP contribution in [0.3, 0.4) is 0 Å². The van der Waals surface area contributed by atoms with Crippen LogP contribution in [-0.2, 0) is 10.0 Å². The Morgan fingerprint density at radius 1 is 1.15 bits per heavy atom. The number of hydrogen-bond donors (Lipinski definition) is 1. The molecule has 0 fully saturated rings. The fourth-order valence-corrected chi connectivity index (χ4v) is 2.61. The SMILES string of the molecule is O=S(=O)(Nc1ncccc1Cl)c1cc(F)c(F)c(F)c1. The lowest BCUT2D eigenvalue weighted by Crippen LogP contribution is -2.15. The van der Waals surface area contributed by atoms with Crippen LogP contribution in [0.15, 0.2) is 35.4 Å². The number of aromatic nitrogens is 1. The van der Waals surface area contributed by atoms with Crippen LogP contribution in [0.1, 0.15) is 0 Å². The van der Waals surface area contributed by atoms with E-state index in [1.165, 1.54) is 18.3 Å². The van der Waals surface area contributed by atoms with Crippen LogP contribution in [0, 0.1) is 17.5 Å². The van der Waals surface area contributed by atoms with Gasteiger partial charge in [-0.3, -0.25) is 4.72 Å². The maximum atomic E-state index is 13.0. The molecule has 0 aliphatic rings. The van der Waals surface area contributed by atoms with Gasteiger partial charge < -0.3 is 0 Å². The standard InChI is InChI=1S/C11H6ClF3N2O2S/c12-7-2-1-3-16-11(7)17-20(18,19)6-4-8(13)10(15)9(14)5-6/h1-5H,(H,16,17). The second-order valence-electron chi connectivity index (χ2n) is 3.64. The molecule has 0 saturated carbocycles. The Balaban J connectivity index is 2.44. The van der Waals surface area contributed by atoms with Crippen molar-refractivity contribution >= 4 is 27.4 Å². The quantitative estimate of drug-likeness (QED) is 0.884. The Morgan fingerprint density at radius 2 is 1.75 bits per heavy atom. The van der Waals surface area contributed by atoms with Crippen molar-refractivity contribution in [3.05, 3.63) is 52.9 Å². The summed E-state index contributed by atoms with van der Waals surface area (Å²) in [5.41, 5.74) is 0. The molecule has 106 valence electrons. The number of rotatable bonds is 3. The molecule has 9 heteroatoms. The van der Waals surface area contributed by atoms with Crippen molar-refractivity contribution in [2.24, 2.45) is 0 Å². The molecule has 2 aromatic rings. The fourth-order valence-electron chi connectivity index (χ4n) is 1.33. The van der Waals surface area contributed by atoms with E-state index in [0.717, 1.165) is 0 Å². The monoisotopic (exact) mass is 322 g/mol.